The van der Waals surface area contributed by atoms with Gasteiger partial charge in [-0.15, -0.1) is 0 Å². The Hall–Kier alpha value is -2.46. The minimum Gasteiger partial charge on any atom is -0.508 e. The first-order chi connectivity index (χ1) is 11.3. The minimum atomic E-state index is 0.289. The van der Waals surface area contributed by atoms with E-state index in [2.05, 4.69) is 21.4 Å². The second kappa shape index (κ2) is 5.97. The smallest absolute Gasteiger partial charge is 0.145 e. The molecule has 2 aromatic carbocycles. The lowest BCUT2D eigenvalue weighted by Gasteiger charge is -2.21. The number of rotatable bonds is 2. The molecule has 1 saturated heterocycles. The van der Waals surface area contributed by atoms with Crippen molar-refractivity contribution in [1.82, 2.24) is 15.3 Å². The fourth-order valence-electron chi connectivity index (χ4n) is 3.15. The Morgan fingerprint density at radius 3 is 2.48 bits per heavy atom. The van der Waals surface area contributed by atoms with Crippen molar-refractivity contribution < 1.29 is 5.11 Å². The number of nitrogens with zero attached hydrogens (tertiary/aromatic N) is 2. The number of aromatic nitrogens is 2. The molecule has 0 spiro atoms. The molecule has 0 saturated carbocycles. The van der Waals surface area contributed by atoms with E-state index in [9.17, 15) is 5.11 Å². The van der Waals surface area contributed by atoms with E-state index in [-0.39, 0.29) is 11.8 Å². The number of nitrogens with one attached hydrogen (secondary N) is 1. The third-order valence-corrected chi connectivity index (χ3v) is 4.45. The van der Waals surface area contributed by atoms with Crippen LogP contribution in [-0.2, 0) is 0 Å². The van der Waals surface area contributed by atoms with E-state index in [0.717, 1.165) is 40.7 Å². The van der Waals surface area contributed by atoms with Crippen LogP contribution < -0.4 is 5.32 Å². The van der Waals surface area contributed by atoms with Gasteiger partial charge in [-0.2, -0.15) is 0 Å². The topological polar surface area (TPSA) is 58.0 Å². The summed E-state index contributed by atoms with van der Waals surface area (Å²) in [6.07, 6.45) is 7.39. The first kappa shape index (κ1) is 14.2. The monoisotopic (exact) mass is 305 g/mol. The summed E-state index contributed by atoms with van der Waals surface area (Å²) in [6, 6.07) is 11.9. The molecular formula is C19H19N3O. The summed E-state index contributed by atoms with van der Waals surface area (Å²) < 4.78 is 0. The lowest BCUT2D eigenvalue weighted by Crippen LogP contribution is -2.28. The van der Waals surface area contributed by atoms with Crippen LogP contribution >= 0.6 is 0 Å². The van der Waals surface area contributed by atoms with Crippen LogP contribution in [0.4, 0.5) is 0 Å². The number of hydrogen-bond acceptors (Lipinski definition) is 4. The Bertz CT molecular complexity index is 824. The molecule has 1 fully saturated rings. The van der Waals surface area contributed by atoms with Gasteiger partial charge in [0.05, 0.1) is 6.04 Å². The van der Waals surface area contributed by atoms with Gasteiger partial charge in [-0.1, -0.05) is 24.6 Å². The van der Waals surface area contributed by atoms with E-state index in [0.29, 0.717) is 0 Å². The average Bonchev–Trinajstić information content (AvgIpc) is 2.62. The summed E-state index contributed by atoms with van der Waals surface area (Å²) in [7, 11) is 0. The minimum absolute atomic E-state index is 0.289. The van der Waals surface area contributed by atoms with E-state index in [4.69, 9.17) is 0 Å². The second-order valence-electron chi connectivity index (χ2n) is 6.08. The third kappa shape index (κ3) is 2.90. The number of aromatic hydroxyl groups is 1. The summed E-state index contributed by atoms with van der Waals surface area (Å²) in [4.78, 5) is 9.12. The molecule has 2 N–H and O–H groups in total. The van der Waals surface area contributed by atoms with E-state index >= 15 is 0 Å². The number of hydrogen-bond donors (Lipinski definition) is 2. The molecule has 4 nitrogen and oxygen atoms in total. The number of phenolic OH excluding ortho intramolecular Hbond substituents is 1. The van der Waals surface area contributed by atoms with Gasteiger partial charge >= 0.3 is 0 Å². The Labute approximate surface area is 135 Å². The van der Waals surface area contributed by atoms with E-state index < -0.39 is 0 Å². The van der Waals surface area contributed by atoms with Gasteiger partial charge in [-0.05, 0) is 53.9 Å². The zero-order valence-electron chi connectivity index (χ0n) is 12.9. The maximum absolute atomic E-state index is 9.54. The van der Waals surface area contributed by atoms with Crippen molar-refractivity contribution >= 4 is 10.8 Å². The van der Waals surface area contributed by atoms with Crippen molar-refractivity contribution in [2.24, 2.45) is 0 Å². The highest BCUT2D eigenvalue weighted by molar-refractivity contribution is 5.88. The molecular weight excluding hydrogens is 286 g/mol. The summed E-state index contributed by atoms with van der Waals surface area (Å²) in [6.45, 7) is 1.05. The molecule has 1 aliphatic heterocycles. The van der Waals surface area contributed by atoms with Crippen molar-refractivity contribution in [3.05, 3.63) is 54.6 Å². The fraction of sp³-hybridized carbons (Fsp3) is 0.263. The van der Waals surface area contributed by atoms with Crippen molar-refractivity contribution in [3.8, 4) is 16.9 Å². The first-order valence-corrected chi connectivity index (χ1v) is 8.08. The average molecular weight is 305 g/mol. The lowest BCUT2D eigenvalue weighted by atomic mass is 10.0. The molecule has 3 aromatic rings. The predicted molar refractivity (Wildman–Crippen MR) is 91.2 cm³/mol. The zero-order valence-corrected chi connectivity index (χ0v) is 12.9. The standard InChI is InChI=1S/C19H19N3O/c23-17-7-6-13-9-14(4-5-15(13)10-17)16-11-21-19(22-12-16)18-3-1-2-8-20-18/h4-7,9-12,18,20,23H,1-3,8H2. The molecule has 1 aromatic heterocycles. The van der Waals surface area contributed by atoms with Gasteiger partial charge in [0.25, 0.3) is 0 Å². The molecule has 116 valence electrons. The molecule has 1 atom stereocenters. The molecule has 0 amide bonds. The van der Waals surface area contributed by atoms with Crippen LogP contribution in [0.3, 0.4) is 0 Å². The van der Waals surface area contributed by atoms with Crippen molar-refractivity contribution in [3.63, 3.8) is 0 Å². The van der Waals surface area contributed by atoms with Gasteiger partial charge < -0.3 is 10.4 Å². The van der Waals surface area contributed by atoms with Gasteiger partial charge in [-0.25, -0.2) is 9.97 Å². The zero-order chi connectivity index (χ0) is 15.6. The van der Waals surface area contributed by atoms with Gasteiger partial charge in [0.1, 0.15) is 11.6 Å². The normalized spacial score (nSPS) is 18.2. The SMILES string of the molecule is Oc1ccc2cc(-c3cnc(C4CCCCN4)nc3)ccc2c1. The molecule has 1 unspecified atom stereocenters. The molecule has 0 bridgehead atoms. The van der Waals surface area contributed by atoms with Crippen molar-refractivity contribution in [2.75, 3.05) is 6.54 Å². The summed E-state index contributed by atoms with van der Waals surface area (Å²) in [5.74, 6) is 1.18. The quantitative estimate of drug-likeness (QED) is 0.756. The maximum atomic E-state index is 9.54. The Morgan fingerprint density at radius 1 is 0.913 bits per heavy atom. The summed E-state index contributed by atoms with van der Waals surface area (Å²) >= 11 is 0. The molecule has 0 aliphatic carbocycles. The second-order valence-corrected chi connectivity index (χ2v) is 6.08. The summed E-state index contributed by atoms with van der Waals surface area (Å²) in [5, 5.41) is 15.1. The summed E-state index contributed by atoms with van der Waals surface area (Å²) in [5.41, 5.74) is 2.10. The Kier molecular flexibility index (Phi) is 3.67. The highest BCUT2D eigenvalue weighted by Gasteiger charge is 2.17. The van der Waals surface area contributed by atoms with Crippen LogP contribution in [0, 0.1) is 0 Å². The van der Waals surface area contributed by atoms with Gasteiger partial charge in [0.15, 0.2) is 0 Å². The molecule has 23 heavy (non-hydrogen) atoms. The van der Waals surface area contributed by atoms with E-state index in [1.807, 2.05) is 30.6 Å². The van der Waals surface area contributed by atoms with Crippen LogP contribution in [0.1, 0.15) is 31.1 Å². The predicted octanol–water partition coefficient (Wildman–Crippen LogP) is 3.82. The molecule has 4 rings (SSSR count). The van der Waals surface area contributed by atoms with Gasteiger partial charge in [0.2, 0.25) is 0 Å². The largest absolute Gasteiger partial charge is 0.508 e. The number of piperidine rings is 1. The van der Waals surface area contributed by atoms with Crippen molar-refractivity contribution in [1.29, 1.82) is 0 Å². The van der Waals surface area contributed by atoms with Crippen LogP contribution in [0.15, 0.2) is 48.8 Å². The van der Waals surface area contributed by atoms with Crippen LogP contribution in [0.2, 0.25) is 0 Å². The molecule has 1 aliphatic rings. The van der Waals surface area contributed by atoms with Crippen molar-refractivity contribution in [2.45, 2.75) is 25.3 Å². The highest BCUT2D eigenvalue weighted by atomic mass is 16.3. The number of fused-ring (bicyclic) bond motifs is 1. The van der Waals surface area contributed by atoms with Crippen LogP contribution in [0.25, 0.3) is 21.9 Å². The number of benzene rings is 2. The molecule has 0 radical (unpaired) electrons. The Morgan fingerprint density at radius 2 is 1.70 bits per heavy atom. The maximum Gasteiger partial charge on any atom is 0.145 e. The first-order valence-electron chi connectivity index (χ1n) is 8.08. The molecule has 2 heterocycles. The third-order valence-electron chi connectivity index (χ3n) is 4.45. The fourth-order valence-corrected chi connectivity index (χ4v) is 3.15. The van der Waals surface area contributed by atoms with E-state index in [1.165, 1.54) is 12.8 Å². The van der Waals surface area contributed by atoms with Gasteiger partial charge in [0, 0.05) is 18.0 Å². The molecule has 4 heteroatoms. The number of phenols is 1. The van der Waals surface area contributed by atoms with Crippen LogP contribution in [0.5, 0.6) is 5.75 Å². The highest BCUT2D eigenvalue weighted by Crippen LogP contribution is 2.27. The lowest BCUT2D eigenvalue weighted by molar-refractivity contribution is 0.397. The van der Waals surface area contributed by atoms with Gasteiger partial charge in [-0.3, -0.25) is 0 Å². The Balaban J connectivity index is 1.63. The van der Waals surface area contributed by atoms with Crippen LogP contribution in [-0.4, -0.2) is 21.6 Å². The van der Waals surface area contributed by atoms with E-state index in [1.54, 1.807) is 12.1 Å².